The number of aryl methyl sites for hydroxylation is 2. The van der Waals surface area contributed by atoms with Crippen LogP contribution in [0.3, 0.4) is 0 Å². The van der Waals surface area contributed by atoms with Gasteiger partial charge in [0, 0.05) is 22.0 Å². The van der Waals surface area contributed by atoms with E-state index in [0.717, 1.165) is 16.3 Å². The fourth-order valence-electron chi connectivity index (χ4n) is 2.10. The highest BCUT2D eigenvalue weighted by Gasteiger charge is 2.12. The Hall–Kier alpha value is -0.570. The van der Waals surface area contributed by atoms with Crippen LogP contribution in [0.1, 0.15) is 34.1 Å². The Balaban J connectivity index is 0.00000288. The monoisotopic (exact) mass is 498 g/mol. The Morgan fingerprint density at radius 3 is 2.58 bits per heavy atom. The number of halogens is 3. The third-order valence-electron chi connectivity index (χ3n) is 3.49. The Labute approximate surface area is 174 Å². The quantitative estimate of drug-likeness (QED) is 0.350. The van der Waals surface area contributed by atoms with Crippen LogP contribution in [-0.2, 0) is 6.54 Å². The number of aliphatic imine (C=N–C) groups is 1. The van der Waals surface area contributed by atoms with E-state index in [-0.39, 0.29) is 30.0 Å². The third-order valence-corrected chi connectivity index (χ3v) is 5.12. The summed E-state index contributed by atoms with van der Waals surface area (Å²) in [5.74, 6) is 0.703. The first-order valence-electron chi connectivity index (χ1n) is 7.25. The zero-order chi connectivity index (χ0) is 17.0. The average Bonchev–Trinajstić information content (AvgIpc) is 2.81. The van der Waals surface area contributed by atoms with E-state index in [1.807, 2.05) is 26.0 Å². The largest absolute Gasteiger partial charge is 0.350 e. The Kier molecular flexibility index (Phi) is 8.76. The molecule has 24 heavy (non-hydrogen) atoms. The summed E-state index contributed by atoms with van der Waals surface area (Å²) in [7, 11) is 1.74. The van der Waals surface area contributed by atoms with Crippen LogP contribution in [0, 0.1) is 13.8 Å². The maximum absolute atomic E-state index is 6.25. The van der Waals surface area contributed by atoms with Gasteiger partial charge in [-0.1, -0.05) is 29.3 Å². The zero-order valence-electron chi connectivity index (χ0n) is 14.0. The molecule has 132 valence electrons. The van der Waals surface area contributed by atoms with Gasteiger partial charge in [0.05, 0.1) is 18.3 Å². The molecule has 1 aromatic carbocycles. The number of rotatable bonds is 4. The Morgan fingerprint density at radius 2 is 2.04 bits per heavy atom. The van der Waals surface area contributed by atoms with E-state index in [4.69, 9.17) is 23.2 Å². The molecule has 0 radical (unpaired) electrons. The molecule has 2 N–H and O–H groups in total. The molecule has 1 heterocycles. The summed E-state index contributed by atoms with van der Waals surface area (Å²) < 4.78 is 0. The van der Waals surface area contributed by atoms with E-state index in [9.17, 15) is 0 Å². The lowest BCUT2D eigenvalue weighted by molar-refractivity contribution is 0.685. The van der Waals surface area contributed by atoms with Crippen LogP contribution in [0.4, 0.5) is 0 Å². The van der Waals surface area contributed by atoms with Gasteiger partial charge in [0.1, 0.15) is 5.01 Å². The molecule has 0 aliphatic rings. The number of nitrogens with one attached hydrogen (secondary N) is 2. The smallest absolute Gasteiger partial charge is 0.191 e. The highest BCUT2D eigenvalue weighted by Crippen LogP contribution is 2.26. The standard InChI is InChI=1S/C16H20Cl2N4S.HI/c1-9-11(3)23-15(21-9)8-20-16(19-4)22-10(2)13-6-5-12(17)7-14(13)18;/h5-7,10H,8H2,1-4H3,(H2,19,20,22);1H. The normalized spacial score (nSPS) is 12.5. The van der Waals surface area contributed by atoms with E-state index in [0.29, 0.717) is 22.5 Å². The number of thiazole rings is 1. The summed E-state index contributed by atoms with van der Waals surface area (Å²) in [5.41, 5.74) is 2.05. The Morgan fingerprint density at radius 1 is 1.33 bits per heavy atom. The maximum Gasteiger partial charge on any atom is 0.191 e. The van der Waals surface area contributed by atoms with E-state index >= 15 is 0 Å². The van der Waals surface area contributed by atoms with Crippen molar-refractivity contribution in [3.8, 4) is 0 Å². The predicted octanol–water partition coefficient (Wildman–Crippen LogP) is 5.11. The second-order valence-corrected chi connectivity index (χ2v) is 7.34. The summed E-state index contributed by atoms with van der Waals surface area (Å²) in [5, 5.41) is 8.91. The molecule has 0 amide bonds. The van der Waals surface area contributed by atoms with Gasteiger partial charge in [0.15, 0.2) is 5.96 Å². The minimum atomic E-state index is 0. The fraction of sp³-hybridized carbons (Fsp3) is 0.375. The van der Waals surface area contributed by atoms with Crippen molar-refractivity contribution < 1.29 is 0 Å². The average molecular weight is 499 g/mol. The lowest BCUT2D eigenvalue weighted by Gasteiger charge is -2.19. The van der Waals surface area contributed by atoms with Crippen molar-refractivity contribution in [2.45, 2.75) is 33.4 Å². The van der Waals surface area contributed by atoms with Crippen LogP contribution in [0.15, 0.2) is 23.2 Å². The molecule has 1 unspecified atom stereocenters. The van der Waals surface area contributed by atoms with Crippen molar-refractivity contribution in [1.29, 1.82) is 0 Å². The highest BCUT2D eigenvalue weighted by molar-refractivity contribution is 14.0. The molecule has 1 atom stereocenters. The van der Waals surface area contributed by atoms with Crippen molar-refractivity contribution in [3.05, 3.63) is 49.4 Å². The molecular weight excluding hydrogens is 478 g/mol. The Bertz CT molecular complexity index is 699. The van der Waals surface area contributed by atoms with Gasteiger partial charge in [-0.25, -0.2) is 4.98 Å². The molecule has 0 aliphatic heterocycles. The van der Waals surface area contributed by atoms with E-state index < -0.39 is 0 Å². The van der Waals surface area contributed by atoms with Gasteiger partial charge >= 0.3 is 0 Å². The number of hydrogen-bond acceptors (Lipinski definition) is 3. The molecule has 0 saturated carbocycles. The van der Waals surface area contributed by atoms with Crippen LogP contribution in [0.5, 0.6) is 0 Å². The molecule has 0 spiro atoms. The molecule has 0 bridgehead atoms. The minimum absolute atomic E-state index is 0. The molecule has 4 nitrogen and oxygen atoms in total. The lowest BCUT2D eigenvalue weighted by Crippen LogP contribution is -2.38. The van der Waals surface area contributed by atoms with Gasteiger partial charge in [0.25, 0.3) is 0 Å². The summed E-state index contributed by atoms with van der Waals surface area (Å²) >= 11 is 13.9. The lowest BCUT2D eigenvalue weighted by atomic mass is 10.1. The first kappa shape index (κ1) is 21.5. The van der Waals surface area contributed by atoms with Gasteiger partial charge in [-0.15, -0.1) is 35.3 Å². The van der Waals surface area contributed by atoms with Crippen LogP contribution >= 0.6 is 58.5 Å². The van der Waals surface area contributed by atoms with Gasteiger partial charge in [-0.2, -0.15) is 0 Å². The second-order valence-electron chi connectivity index (χ2n) is 5.21. The van der Waals surface area contributed by atoms with Gasteiger partial charge in [-0.05, 0) is 38.5 Å². The van der Waals surface area contributed by atoms with E-state index in [1.165, 1.54) is 4.88 Å². The molecule has 2 rings (SSSR count). The molecule has 0 aliphatic carbocycles. The summed E-state index contributed by atoms with van der Waals surface area (Å²) in [4.78, 5) is 10.0. The predicted molar refractivity (Wildman–Crippen MR) is 115 cm³/mol. The molecule has 1 aromatic heterocycles. The van der Waals surface area contributed by atoms with Gasteiger partial charge in [0.2, 0.25) is 0 Å². The number of aromatic nitrogens is 1. The summed E-state index contributed by atoms with van der Waals surface area (Å²) in [6.45, 7) is 6.76. The van der Waals surface area contributed by atoms with Crippen molar-refractivity contribution in [3.63, 3.8) is 0 Å². The minimum Gasteiger partial charge on any atom is -0.350 e. The summed E-state index contributed by atoms with van der Waals surface area (Å²) in [6.07, 6.45) is 0. The van der Waals surface area contributed by atoms with E-state index in [2.05, 4.69) is 27.5 Å². The highest BCUT2D eigenvalue weighted by atomic mass is 127. The number of nitrogens with zero attached hydrogens (tertiary/aromatic N) is 2. The van der Waals surface area contributed by atoms with Crippen molar-refractivity contribution in [1.82, 2.24) is 15.6 Å². The van der Waals surface area contributed by atoms with Crippen LogP contribution in [-0.4, -0.2) is 18.0 Å². The maximum atomic E-state index is 6.25. The topological polar surface area (TPSA) is 49.3 Å². The molecule has 8 heteroatoms. The van der Waals surface area contributed by atoms with Crippen molar-refractivity contribution in [2.75, 3.05) is 7.05 Å². The number of guanidine groups is 1. The number of hydrogen-bond donors (Lipinski definition) is 2. The van der Waals surface area contributed by atoms with Crippen molar-refractivity contribution in [2.24, 2.45) is 4.99 Å². The number of benzene rings is 1. The van der Waals surface area contributed by atoms with Crippen molar-refractivity contribution >= 4 is 64.5 Å². The van der Waals surface area contributed by atoms with Crippen LogP contribution in [0.2, 0.25) is 10.0 Å². The van der Waals surface area contributed by atoms with Crippen LogP contribution < -0.4 is 10.6 Å². The first-order valence-corrected chi connectivity index (χ1v) is 8.83. The molecule has 0 fully saturated rings. The molecule has 0 saturated heterocycles. The van der Waals surface area contributed by atoms with Gasteiger partial charge in [-0.3, -0.25) is 4.99 Å². The van der Waals surface area contributed by atoms with Crippen LogP contribution in [0.25, 0.3) is 0 Å². The summed E-state index contributed by atoms with van der Waals surface area (Å²) in [6, 6.07) is 5.50. The molecular formula is C16H21Cl2IN4S. The molecule has 2 aromatic rings. The SMILES string of the molecule is CN=C(NCc1nc(C)c(C)s1)NC(C)c1ccc(Cl)cc1Cl.I. The second kappa shape index (κ2) is 9.79. The van der Waals surface area contributed by atoms with E-state index in [1.54, 1.807) is 24.5 Å². The fourth-order valence-corrected chi connectivity index (χ4v) is 3.55. The first-order chi connectivity index (χ1) is 10.9. The van der Waals surface area contributed by atoms with Gasteiger partial charge < -0.3 is 10.6 Å². The third kappa shape index (κ3) is 5.75. The zero-order valence-corrected chi connectivity index (χ0v) is 18.6.